The van der Waals surface area contributed by atoms with Crippen LogP contribution in [-0.2, 0) is 22.3 Å². The first-order valence-electron chi connectivity index (χ1n) is 13.5. The maximum absolute atomic E-state index is 13.5. The monoisotopic (exact) mass is 484 g/mol. The van der Waals surface area contributed by atoms with Gasteiger partial charge in [-0.05, 0) is 56.1 Å². The standard InChI is InChI=1S/C33H40O3/c1-2-33(31(34)30-20-10-5-11-21-30)24-32(25-33,26-35-22-12-18-28-14-6-3-7-15-28)27-36-23-13-19-29-16-8-4-9-17-29/h3-11,14-17,20-21H,2,12-13,18-19,22-27H2,1H3. The predicted molar refractivity (Wildman–Crippen MR) is 146 cm³/mol. The Morgan fingerprint density at radius 2 is 1.14 bits per heavy atom. The molecule has 36 heavy (non-hydrogen) atoms. The summed E-state index contributed by atoms with van der Waals surface area (Å²) in [6.07, 6.45) is 6.57. The van der Waals surface area contributed by atoms with Crippen molar-refractivity contribution in [2.75, 3.05) is 26.4 Å². The fourth-order valence-corrected chi connectivity index (χ4v) is 5.72. The molecule has 3 aromatic rings. The van der Waals surface area contributed by atoms with Crippen LogP contribution in [0, 0.1) is 10.8 Å². The van der Waals surface area contributed by atoms with Crippen LogP contribution < -0.4 is 0 Å². The summed E-state index contributed by atoms with van der Waals surface area (Å²) < 4.78 is 12.4. The molecule has 4 rings (SSSR count). The van der Waals surface area contributed by atoms with Gasteiger partial charge in [0.1, 0.15) is 0 Å². The fourth-order valence-electron chi connectivity index (χ4n) is 5.72. The molecular formula is C33H40O3. The molecule has 1 fully saturated rings. The summed E-state index contributed by atoms with van der Waals surface area (Å²) in [5, 5.41) is 0. The zero-order chi connectivity index (χ0) is 25.1. The van der Waals surface area contributed by atoms with Gasteiger partial charge in [-0.25, -0.2) is 0 Å². The Balaban J connectivity index is 1.30. The molecule has 0 amide bonds. The average Bonchev–Trinajstić information content (AvgIpc) is 2.91. The van der Waals surface area contributed by atoms with E-state index in [4.69, 9.17) is 9.47 Å². The van der Waals surface area contributed by atoms with Gasteiger partial charge in [0.15, 0.2) is 5.78 Å². The second-order valence-corrected chi connectivity index (χ2v) is 10.5. The third-order valence-corrected chi connectivity index (χ3v) is 7.63. The Hall–Kier alpha value is -2.75. The predicted octanol–water partition coefficient (Wildman–Crippen LogP) is 7.34. The molecule has 0 heterocycles. The van der Waals surface area contributed by atoms with Crippen LogP contribution in [0.4, 0.5) is 0 Å². The number of ketones is 1. The summed E-state index contributed by atoms with van der Waals surface area (Å²) in [5.74, 6) is 0.273. The summed E-state index contributed by atoms with van der Waals surface area (Å²) >= 11 is 0. The molecule has 0 aromatic heterocycles. The summed E-state index contributed by atoms with van der Waals surface area (Å²) in [6.45, 7) is 4.92. The van der Waals surface area contributed by atoms with E-state index < -0.39 is 0 Å². The van der Waals surface area contributed by atoms with Crippen molar-refractivity contribution >= 4 is 5.78 Å². The minimum absolute atomic E-state index is 0.0834. The molecule has 0 bridgehead atoms. The molecule has 190 valence electrons. The Kier molecular flexibility index (Phi) is 9.49. The van der Waals surface area contributed by atoms with Gasteiger partial charge in [-0.1, -0.05) is 97.9 Å². The highest BCUT2D eigenvalue weighted by atomic mass is 16.5. The Morgan fingerprint density at radius 3 is 1.58 bits per heavy atom. The van der Waals surface area contributed by atoms with Crippen LogP contribution >= 0.6 is 0 Å². The van der Waals surface area contributed by atoms with Crippen molar-refractivity contribution in [1.82, 2.24) is 0 Å². The molecule has 0 radical (unpaired) electrons. The molecule has 0 unspecified atom stereocenters. The number of hydrogen-bond donors (Lipinski definition) is 0. The van der Waals surface area contributed by atoms with Gasteiger partial charge in [-0.3, -0.25) is 4.79 Å². The third-order valence-electron chi connectivity index (χ3n) is 7.63. The third kappa shape index (κ3) is 6.93. The first-order valence-corrected chi connectivity index (χ1v) is 13.5. The van der Waals surface area contributed by atoms with Crippen LogP contribution in [0.1, 0.15) is 60.5 Å². The molecule has 0 atom stereocenters. The van der Waals surface area contributed by atoms with E-state index in [1.807, 2.05) is 30.3 Å². The van der Waals surface area contributed by atoms with Crippen molar-refractivity contribution in [1.29, 1.82) is 0 Å². The van der Waals surface area contributed by atoms with Gasteiger partial charge in [-0.15, -0.1) is 0 Å². The van der Waals surface area contributed by atoms with Crippen LogP contribution in [-0.4, -0.2) is 32.2 Å². The summed E-state index contributed by atoms with van der Waals surface area (Å²) in [4.78, 5) is 13.5. The first kappa shape index (κ1) is 26.3. The van der Waals surface area contributed by atoms with E-state index in [1.165, 1.54) is 11.1 Å². The molecule has 3 nitrogen and oxygen atoms in total. The average molecular weight is 485 g/mol. The topological polar surface area (TPSA) is 35.5 Å². The quantitative estimate of drug-likeness (QED) is 0.167. The first-order chi connectivity index (χ1) is 17.6. The second kappa shape index (κ2) is 13.0. The van der Waals surface area contributed by atoms with Crippen molar-refractivity contribution in [3.8, 4) is 0 Å². The van der Waals surface area contributed by atoms with Gasteiger partial charge in [0.05, 0.1) is 13.2 Å². The summed E-state index contributed by atoms with van der Waals surface area (Å²) in [6, 6.07) is 30.9. The maximum Gasteiger partial charge on any atom is 0.169 e. The Bertz CT molecular complexity index is 989. The van der Waals surface area contributed by atoms with Crippen molar-refractivity contribution in [3.05, 3.63) is 108 Å². The highest BCUT2D eigenvalue weighted by Gasteiger charge is 2.57. The van der Waals surface area contributed by atoms with Gasteiger partial charge < -0.3 is 9.47 Å². The summed E-state index contributed by atoms with van der Waals surface area (Å²) in [7, 11) is 0. The molecule has 1 aliphatic carbocycles. The van der Waals surface area contributed by atoms with Crippen LogP contribution in [0.2, 0.25) is 0 Å². The lowest BCUT2D eigenvalue weighted by Crippen LogP contribution is -2.55. The fraction of sp³-hybridized carbons (Fsp3) is 0.424. The molecule has 3 aromatic carbocycles. The number of hydrogen-bond acceptors (Lipinski definition) is 3. The van der Waals surface area contributed by atoms with Gasteiger partial charge in [0.2, 0.25) is 0 Å². The van der Waals surface area contributed by atoms with E-state index in [0.717, 1.165) is 63.7 Å². The van der Waals surface area contributed by atoms with Crippen LogP contribution in [0.5, 0.6) is 0 Å². The van der Waals surface area contributed by atoms with E-state index in [1.54, 1.807) is 0 Å². The van der Waals surface area contributed by atoms with Crippen molar-refractivity contribution in [2.45, 2.75) is 51.9 Å². The second-order valence-electron chi connectivity index (χ2n) is 10.5. The number of rotatable bonds is 15. The zero-order valence-electron chi connectivity index (χ0n) is 21.7. The number of aryl methyl sites for hydroxylation is 2. The molecule has 0 saturated heterocycles. The molecule has 1 saturated carbocycles. The zero-order valence-corrected chi connectivity index (χ0v) is 21.7. The lowest BCUT2D eigenvalue weighted by atomic mass is 9.50. The molecule has 0 aliphatic heterocycles. The molecule has 0 N–H and O–H groups in total. The van der Waals surface area contributed by atoms with Gasteiger partial charge >= 0.3 is 0 Å². The van der Waals surface area contributed by atoms with Crippen molar-refractivity contribution in [3.63, 3.8) is 0 Å². The van der Waals surface area contributed by atoms with E-state index in [-0.39, 0.29) is 16.6 Å². The lowest BCUT2D eigenvalue weighted by Gasteiger charge is -2.55. The highest BCUT2D eigenvalue weighted by Crippen LogP contribution is 2.58. The smallest absolute Gasteiger partial charge is 0.169 e. The lowest BCUT2D eigenvalue weighted by molar-refractivity contribution is -0.120. The van der Waals surface area contributed by atoms with Crippen LogP contribution in [0.15, 0.2) is 91.0 Å². The Morgan fingerprint density at radius 1 is 0.694 bits per heavy atom. The highest BCUT2D eigenvalue weighted by molar-refractivity contribution is 6.01. The van der Waals surface area contributed by atoms with Crippen molar-refractivity contribution < 1.29 is 14.3 Å². The number of ether oxygens (including phenoxy) is 2. The SMILES string of the molecule is CCC1(C(=O)c2ccccc2)CC(COCCCc2ccccc2)(COCCCc2ccccc2)C1. The van der Waals surface area contributed by atoms with Crippen LogP contribution in [0.3, 0.4) is 0 Å². The van der Waals surface area contributed by atoms with E-state index in [0.29, 0.717) is 13.2 Å². The minimum atomic E-state index is -0.303. The number of carbonyl (C=O) groups excluding carboxylic acids is 1. The molecular weight excluding hydrogens is 444 g/mol. The maximum atomic E-state index is 13.5. The van der Waals surface area contributed by atoms with Gasteiger partial charge in [-0.2, -0.15) is 0 Å². The molecule has 1 aliphatic rings. The largest absolute Gasteiger partial charge is 0.381 e. The molecule has 3 heteroatoms. The number of carbonyl (C=O) groups is 1. The summed E-state index contributed by atoms with van der Waals surface area (Å²) in [5.41, 5.74) is 3.13. The van der Waals surface area contributed by atoms with E-state index >= 15 is 0 Å². The van der Waals surface area contributed by atoms with E-state index in [2.05, 4.69) is 67.6 Å². The normalized spacial score (nSPS) is 15.8. The Labute approximate surface area is 216 Å². The number of Topliss-reactive ketones (excluding diaryl/α,β-unsaturated/α-hetero) is 1. The van der Waals surface area contributed by atoms with E-state index in [9.17, 15) is 4.79 Å². The van der Waals surface area contributed by atoms with Gasteiger partial charge in [0, 0.05) is 29.6 Å². The molecule has 0 spiro atoms. The number of benzene rings is 3. The minimum Gasteiger partial charge on any atom is -0.381 e. The van der Waals surface area contributed by atoms with Crippen molar-refractivity contribution in [2.24, 2.45) is 10.8 Å². The van der Waals surface area contributed by atoms with Gasteiger partial charge in [0.25, 0.3) is 0 Å². The van der Waals surface area contributed by atoms with Crippen LogP contribution in [0.25, 0.3) is 0 Å².